The van der Waals surface area contributed by atoms with Crippen LogP contribution in [-0.2, 0) is 4.79 Å². The summed E-state index contributed by atoms with van der Waals surface area (Å²) in [4.78, 5) is 14.9. The van der Waals surface area contributed by atoms with Gasteiger partial charge in [-0.1, -0.05) is 25.4 Å². The van der Waals surface area contributed by atoms with Crippen molar-refractivity contribution in [3.8, 4) is 0 Å². The third-order valence-corrected chi connectivity index (χ3v) is 4.19. The molecule has 0 unspecified atom stereocenters. The van der Waals surface area contributed by atoms with E-state index in [2.05, 4.69) is 13.8 Å². The summed E-state index contributed by atoms with van der Waals surface area (Å²) in [6.45, 7) is 4.46. The highest BCUT2D eigenvalue weighted by molar-refractivity contribution is 7.17. The Morgan fingerprint density at radius 1 is 1.47 bits per heavy atom. The van der Waals surface area contributed by atoms with Crippen molar-refractivity contribution in [3.63, 3.8) is 0 Å². The highest BCUT2D eigenvalue weighted by atomic mass is 35.5. The van der Waals surface area contributed by atoms with Gasteiger partial charge in [0.05, 0.1) is 10.9 Å². The maximum Gasteiger partial charge on any atom is 0.246 e. The van der Waals surface area contributed by atoms with Gasteiger partial charge in [-0.05, 0) is 31.1 Å². The molecule has 0 saturated heterocycles. The predicted octanol–water partition coefficient (Wildman–Crippen LogP) is 3.42. The van der Waals surface area contributed by atoms with Crippen LogP contribution in [0.1, 0.15) is 31.6 Å². The molecule has 0 atom stereocenters. The number of carbonyl (C=O) groups is 1. The minimum absolute atomic E-state index is 0.0130. The molecule has 1 rings (SSSR count). The first-order chi connectivity index (χ1) is 9.12. The van der Waals surface area contributed by atoms with E-state index >= 15 is 0 Å². The average molecular weight is 302 g/mol. The van der Waals surface area contributed by atoms with E-state index < -0.39 is 0 Å². The largest absolute Gasteiger partial charge is 0.395 e. The number of hydrogen-bond acceptors (Lipinski definition) is 3. The van der Waals surface area contributed by atoms with Gasteiger partial charge in [0.1, 0.15) is 0 Å². The van der Waals surface area contributed by atoms with Crippen LogP contribution in [0, 0.1) is 0 Å². The number of rotatable bonds is 7. The standard InChI is InChI=1S/C14H20ClNO2S/c1-3-11(4-2)16(9-10-17)14(18)8-6-12-5-7-13(15)19-12/h5-8,11,17H,3-4,9-10H2,1-2H3/b8-6+. The number of halogens is 1. The zero-order valence-electron chi connectivity index (χ0n) is 11.3. The number of hydrogen-bond donors (Lipinski definition) is 1. The summed E-state index contributed by atoms with van der Waals surface area (Å²) in [6, 6.07) is 3.86. The lowest BCUT2D eigenvalue weighted by Gasteiger charge is -2.28. The van der Waals surface area contributed by atoms with Crippen molar-refractivity contribution in [2.45, 2.75) is 32.7 Å². The topological polar surface area (TPSA) is 40.5 Å². The molecule has 1 aromatic rings. The zero-order valence-corrected chi connectivity index (χ0v) is 12.9. The summed E-state index contributed by atoms with van der Waals surface area (Å²) >= 11 is 7.27. The van der Waals surface area contributed by atoms with Crippen LogP contribution in [0.5, 0.6) is 0 Å². The second kappa shape index (κ2) is 8.35. The molecular weight excluding hydrogens is 282 g/mol. The van der Waals surface area contributed by atoms with E-state index in [9.17, 15) is 4.79 Å². The summed E-state index contributed by atoms with van der Waals surface area (Å²) in [5.41, 5.74) is 0. The molecular formula is C14H20ClNO2S. The smallest absolute Gasteiger partial charge is 0.246 e. The maximum absolute atomic E-state index is 12.2. The molecule has 0 aliphatic carbocycles. The third-order valence-electron chi connectivity index (χ3n) is 2.99. The van der Waals surface area contributed by atoms with Crippen molar-refractivity contribution >= 4 is 34.9 Å². The van der Waals surface area contributed by atoms with Crippen LogP contribution in [0.25, 0.3) is 6.08 Å². The third kappa shape index (κ3) is 4.97. The molecule has 0 bridgehead atoms. The fourth-order valence-corrected chi connectivity index (χ4v) is 2.94. The summed E-state index contributed by atoms with van der Waals surface area (Å²) in [6.07, 6.45) is 5.10. The minimum Gasteiger partial charge on any atom is -0.395 e. The number of carbonyl (C=O) groups excluding carboxylic acids is 1. The van der Waals surface area contributed by atoms with E-state index in [1.807, 2.05) is 12.1 Å². The van der Waals surface area contributed by atoms with Gasteiger partial charge in [0.2, 0.25) is 5.91 Å². The molecule has 0 aliphatic heterocycles. The first-order valence-corrected chi connectivity index (χ1v) is 7.66. The Bertz CT molecular complexity index is 427. The van der Waals surface area contributed by atoms with Crippen molar-refractivity contribution in [1.29, 1.82) is 0 Å². The maximum atomic E-state index is 12.2. The number of nitrogens with zero attached hydrogens (tertiary/aromatic N) is 1. The zero-order chi connectivity index (χ0) is 14.3. The highest BCUT2D eigenvalue weighted by Crippen LogP contribution is 2.22. The van der Waals surface area contributed by atoms with Gasteiger partial charge in [0.25, 0.3) is 0 Å². The van der Waals surface area contributed by atoms with Gasteiger partial charge in [-0.3, -0.25) is 4.79 Å². The van der Waals surface area contributed by atoms with Crippen LogP contribution in [0.3, 0.4) is 0 Å². The highest BCUT2D eigenvalue weighted by Gasteiger charge is 2.18. The number of aliphatic hydroxyl groups is 1. The van der Waals surface area contributed by atoms with E-state index in [1.54, 1.807) is 17.1 Å². The SMILES string of the molecule is CCC(CC)N(CCO)C(=O)/C=C/c1ccc(Cl)s1. The molecule has 0 fully saturated rings. The second-order valence-electron chi connectivity index (χ2n) is 4.20. The molecule has 0 saturated carbocycles. The van der Waals surface area contributed by atoms with E-state index in [0.29, 0.717) is 10.9 Å². The lowest BCUT2D eigenvalue weighted by molar-refractivity contribution is -0.128. The summed E-state index contributed by atoms with van der Waals surface area (Å²) in [5.74, 6) is -0.0627. The van der Waals surface area contributed by atoms with Gasteiger partial charge in [-0.2, -0.15) is 0 Å². The Morgan fingerprint density at radius 3 is 2.63 bits per heavy atom. The van der Waals surface area contributed by atoms with Crippen molar-refractivity contribution in [2.24, 2.45) is 0 Å². The molecule has 0 radical (unpaired) electrons. The van der Waals surface area contributed by atoms with Crippen LogP contribution in [0.15, 0.2) is 18.2 Å². The lowest BCUT2D eigenvalue weighted by Crippen LogP contribution is -2.40. The van der Waals surface area contributed by atoms with Crippen molar-refractivity contribution < 1.29 is 9.90 Å². The van der Waals surface area contributed by atoms with Crippen molar-refractivity contribution in [2.75, 3.05) is 13.2 Å². The minimum atomic E-state index is -0.0627. The van der Waals surface area contributed by atoms with Crippen molar-refractivity contribution in [3.05, 3.63) is 27.4 Å². The van der Waals surface area contributed by atoms with E-state index in [-0.39, 0.29) is 18.6 Å². The fraction of sp³-hybridized carbons (Fsp3) is 0.500. The van der Waals surface area contributed by atoms with Crippen LogP contribution in [-0.4, -0.2) is 35.1 Å². The van der Waals surface area contributed by atoms with Gasteiger partial charge in [-0.15, -0.1) is 11.3 Å². The Balaban J connectivity index is 2.73. The van der Waals surface area contributed by atoms with Crippen LogP contribution >= 0.6 is 22.9 Å². The van der Waals surface area contributed by atoms with Crippen LogP contribution in [0.2, 0.25) is 4.34 Å². The molecule has 5 heteroatoms. The molecule has 19 heavy (non-hydrogen) atoms. The summed E-state index contributed by atoms with van der Waals surface area (Å²) in [5, 5.41) is 9.08. The molecule has 0 aromatic carbocycles. The average Bonchev–Trinajstić information content (AvgIpc) is 2.82. The number of thiophene rings is 1. The summed E-state index contributed by atoms with van der Waals surface area (Å²) < 4.78 is 0.708. The van der Waals surface area contributed by atoms with E-state index in [1.165, 1.54) is 11.3 Å². The van der Waals surface area contributed by atoms with Gasteiger partial charge in [0.15, 0.2) is 0 Å². The van der Waals surface area contributed by atoms with Gasteiger partial charge >= 0.3 is 0 Å². The molecule has 1 aromatic heterocycles. The second-order valence-corrected chi connectivity index (χ2v) is 5.95. The van der Waals surface area contributed by atoms with E-state index in [0.717, 1.165) is 17.7 Å². The Morgan fingerprint density at radius 2 is 2.16 bits per heavy atom. The van der Waals surface area contributed by atoms with Crippen LogP contribution in [0.4, 0.5) is 0 Å². The quantitative estimate of drug-likeness (QED) is 0.784. The number of aliphatic hydroxyl groups excluding tert-OH is 1. The Kier molecular flexibility index (Phi) is 7.13. The van der Waals surface area contributed by atoms with Crippen molar-refractivity contribution in [1.82, 2.24) is 4.90 Å². The Labute approximate surface area is 123 Å². The molecule has 0 spiro atoms. The normalized spacial score (nSPS) is 11.4. The predicted molar refractivity (Wildman–Crippen MR) is 81.5 cm³/mol. The Hall–Kier alpha value is -0.840. The first-order valence-electron chi connectivity index (χ1n) is 6.47. The lowest BCUT2D eigenvalue weighted by atomic mass is 10.1. The summed E-state index contributed by atoms with van der Waals surface area (Å²) in [7, 11) is 0. The number of amides is 1. The fourth-order valence-electron chi connectivity index (χ4n) is 1.98. The molecule has 0 aliphatic rings. The molecule has 3 nitrogen and oxygen atoms in total. The van der Waals surface area contributed by atoms with Crippen LogP contribution < -0.4 is 0 Å². The molecule has 1 heterocycles. The van der Waals surface area contributed by atoms with E-state index in [4.69, 9.17) is 16.7 Å². The van der Waals surface area contributed by atoms with Gasteiger partial charge < -0.3 is 10.0 Å². The monoisotopic (exact) mass is 301 g/mol. The van der Waals surface area contributed by atoms with Gasteiger partial charge in [-0.25, -0.2) is 0 Å². The van der Waals surface area contributed by atoms with Gasteiger partial charge in [0, 0.05) is 23.5 Å². The first kappa shape index (κ1) is 16.2. The molecule has 1 N–H and O–H groups in total. The molecule has 1 amide bonds. The molecule has 106 valence electrons.